The largest absolute Gasteiger partial charge is 0.347 e. The summed E-state index contributed by atoms with van der Waals surface area (Å²) in [5.41, 5.74) is -0.0545. The van der Waals surface area contributed by atoms with E-state index in [1.165, 1.54) is 23.2 Å². The van der Waals surface area contributed by atoms with Gasteiger partial charge in [-0.05, 0) is 62.3 Å². The number of pyridine rings is 1. The summed E-state index contributed by atoms with van der Waals surface area (Å²) >= 11 is 5.67. The van der Waals surface area contributed by atoms with Gasteiger partial charge in [0.25, 0.3) is 5.91 Å². The minimum atomic E-state index is -3.54. The zero-order valence-corrected chi connectivity index (χ0v) is 20.0. The van der Waals surface area contributed by atoms with Gasteiger partial charge in [-0.25, -0.2) is 17.2 Å². The second-order valence-corrected chi connectivity index (χ2v) is 11.2. The fourth-order valence-electron chi connectivity index (χ4n) is 4.26. The lowest BCUT2D eigenvalue weighted by molar-refractivity contribution is -0.127. The number of sulfone groups is 1. The summed E-state index contributed by atoms with van der Waals surface area (Å²) in [4.78, 5) is 31.8. The SMILES string of the molecule is CS(=O)(=O)c1ccnc(C(=O)N2CCCC[C@@H]2C(=O)NC(c2cc(F)c(Cl)cc2F)C2CC2)c1. The molecule has 1 aliphatic heterocycles. The number of piperidine rings is 1. The number of halogens is 3. The molecule has 2 aliphatic rings. The summed E-state index contributed by atoms with van der Waals surface area (Å²) in [7, 11) is -3.54. The summed E-state index contributed by atoms with van der Waals surface area (Å²) < 4.78 is 52.4. The van der Waals surface area contributed by atoms with Gasteiger partial charge in [0.2, 0.25) is 5.91 Å². The average molecular weight is 512 g/mol. The normalized spacial score (nSPS) is 19.5. The highest BCUT2D eigenvalue weighted by molar-refractivity contribution is 7.90. The van der Waals surface area contributed by atoms with Gasteiger partial charge in [-0.2, -0.15) is 0 Å². The van der Waals surface area contributed by atoms with Gasteiger partial charge in [0.05, 0.1) is 16.0 Å². The van der Waals surface area contributed by atoms with Crippen LogP contribution in [0.25, 0.3) is 0 Å². The smallest absolute Gasteiger partial charge is 0.273 e. The molecule has 34 heavy (non-hydrogen) atoms. The van der Waals surface area contributed by atoms with Crippen molar-refractivity contribution in [2.24, 2.45) is 5.92 Å². The summed E-state index contributed by atoms with van der Waals surface area (Å²) in [6.07, 6.45) is 5.54. The maximum Gasteiger partial charge on any atom is 0.273 e. The van der Waals surface area contributed by atoms with Crippen LogP contribution in [0.4, 0.5) is 8.78 Å². The quantitative estimate of drug-likeness (QED) is 0.597. The van der Waals surface area contributed by atoms with Crippen LogP contribution in [0.15, 0.2) is 35.4 Å². The highest BCUT2D eigenvalue weighted by Gasteiger charge is 2.39. The summed E-state index contributed by atoms with van der Waals surface area (Å²) in [6.45, 7) is 0.291. The molecule has 2 atom stereocenters. The number of carbonyl (C=O) groups excluding carboxylic acids is 2. The lowest BCUT2D eigenvalue weighted by Crippen LogP contribution is -2.52. The van der Waals surface area contributed by atoms with E-state index < -0.39 is 45.4 Å². The van der Waals surface area contributed by atoms with Gasteiger partial charge in [0, 0.05) is 24.6 Å². The molecule has 1 aromatic heterocycles. The minimum absolute atomic E-state index is 0.0222. The number of likely N-dealkylation sites (tertiary alicyclic amines) is 1. The Labute approximate surface area is 201 Å². The number of amides is 2. The molecule has 2 fully saturated rings. The lowest BCUT2D eigenvalue weighted by Gasteiger charge is -2.35. The van der Waals surface area contributed by atoms with Crippen LogP contribution in [0.3, 0.4) is 0 Å². The van der Waals surface area contributed by atoms with Crippen molar-refractivity contribution in [3.63, 3.8) is 0 Å². The maximum atomic E-state index is 14.6. The Morgan fingerprint density at radius 3 is 2.56 bits per heavy atom. The van der Waals surface area contributed by atoms with Gasteiger partial charge >= 0.3 is 0 Å². The Bertz CT molecular complexity index is 1240. The highest BCUT2D eigenvalue weighted by Crippen LogP contribution is 2.42. The molecule has 0 radical (unpaired) electrons. The first-order valence-corrected chi connectivity index (χ1v) is 13.2. The molecule has 1 N–H and O–H groups in total. The molecule has 2 aromatic rings. The van der Waals surface area contributed by atoms with E-state index in [1.807, 2.05) is 0 Å². The molecule has 1 saturated heterocycles. The zero-order valence-electron chi connectivity index (χ0n) is 18.4. The molecular formula is C23H24ClF2N3O4S. The van der Waals surface area contributed by atoms with Crippen molar-refractivity contribution in [3.8, 4) is 0 Å². The predicted octanol–water partition coefficient (Wildman–Crippen LogP) is 3.68. The average Bonchev–Trinajstić information content (AvgIpc) is 3.64. The van der Waals surface area contributed by atoms with Crippen molar-refractivity contribution in [1.29, 1.82) is 0 Å². The lowest BCUT2D eigenvalue weighted by atomic mass is 9.97. The van der Waals surface area contributed by atoms with Crippen LogP contribution < -0.4 is 5.32 Å². The van der Waals surface area contributed by atoms with Crippen molar-refractivity contribution in [2.75, 3.05) is 12.8 Å². The van der Waals surface area contributed by atoms with Crippen LogP contribution in [-0.2, 0) is 14.6 Å². The first-order chi connectivity index (χ1) is 16.1. The van der Waals surface area contributed by atoms with E-state index in [0.717, 1.165) is 31.2 Å². The van der Waals surface area contributed by atoms with Crippen LogP contribution in [0.5, 0.6) is 0 Å². The van der Waals surface area contributed by atoms with E-state index in [2.05, 4.69) is 10.3 Å². The van der Waals surface area contributed by atoms with E-state index in [-0.39, 0.29) is 27.1 Å². The summed E-state index contributed by atoms with van der Waals surface area (Å²) in [6, 6.07) is 2.80. The van der Waals surface area contributed by atoms with E-state index in [4.69, 9.17) is 11.6 Å². The topological polar surface area (TPSA) is 96.4 Å². The number of benzene rings is 1. The Hall–Kier alpha value is -2.59. The Morgan fingerprint density at radius 2 is 1.88 bits per heavy atom. The third kappa shape index (κ3) is 5.22. The van der Waals surface area contributed by atoms with E-state index in [0.29, 0.717) is 25.8 Å². The van der Waals surface area contributed by atoms with Crippen molar-refractivity contribution < 1.29 is 26.8 Å². The monoisotopic (exact) mass is 511 g/mol. The van der Waals surface area contributed by atoms with Crippen LogP contribution in [0, 0.1) is 17.6 Å². The number of carbonyl (C=O) groups is 2. The second kappa shape index (κ2) is 9.58. The van der Waals surface area contributed by atoms with Crippen LogP contribution >= 0.6 is 11.6 Å². The maximum absolute atomic E-state index is 14.6. The number of aromatic nitrogens is 1. The van der Waals surface area contributed by atoms with Crippen LogP contribution in [0.2, 0.25) is 5.02 Å². The molecule has 182 valence electrons. The molecule has 1 unspecified atom stereocenters. The van der Waals surface area contributed by atoms with E-state index in [1.54, 1.807) is 0 Å². The molecule has 2 heterocycles. The van der Waals surface area contributed by atoms with Crippen LogP contribution in [-0.4, -0.2) is 49.0 Å². The fraction of sp³-hybridized carbons (Fsp3) is 0.435. The van der Waals surface area contributed by atoms with Crippen molar-refractivity contribution >= 4 is 33.3 Å². The Morgan fingerprint density at radius 1 is 1.15 bits per heavy atom. The molecule has 0 spiro atoms. The van der Waals surface area contributed by atoms with Gasteiger partial charge in [-0.1, -0.05) is 11.6 Å². The molecular weight excluding hydrogens is 488 g/mol. The van der Waals surface area contributed by atoms with Crippen LogP contribution in [0.1, 0.15) is 54.2 Å². The fourth-order valence-corrected chi connectivity index (χ4v) is 5.04. The first kappa shape index (κ1) is 24.5. The Kier molecular flexibility index (Phi) is 6.91. The predicted molar refractivity (Wildman–Crippen MR) is 121 cm³/mol. The van der Waals surface area contributed by atoms with E-state index in [9.17, 15) is 26.8 Å². The minimum Gasteiger partial charge on any atom is -0.347 e. The number of rotatable bonds is 6. The standard InChI is InChI=1S/C23H24ClF2N3O4S/c1-34(32,33)14-7-8-27-19(10-14)23(31)29-9-3-2-4-20(29)22(30)28-21(13-5-6-13)15-11-18(26)16(24)12-17(15)25/h7-8,10-13,20-21H,2-6,9H2,1H3,(H,28,30)/t20-,21?/m1/s1. The zero-order chi connectivity index (χ0) is 24.6. The number of hydrogen-bond acceptors (Lipinski definition) is 5. The Balaban J connectivity index is 1.58. The highest BCUT2D eigenvalue weighted by atomic mass is 35.5. The van der Waals surface area contributed by atoms with Gasteiger partial charge in [0.1, 0.15) is 23.4 Å². The van der Waals surface area contributed by atoms with Gasteiger partial charge < -0.3 is 10.2 Å². The van der Waals surface area contributed by atoms with Crippen molar-refractivity contribution in [2.45, 2.75) is 49.1 Å². The van der Waals surface area contributed by atoms with Gasteiger partial charge in [-0.3, -0.25) is 14.6 Å². The molecule has 11 heteroatoms. The number of nitrogens with one attached hydrogen (secondary N) is 1. The number of nitrogens with zero attached hydrogens (tertiary/aromatic N) is 2. The molecule has 2 amide bonds. The van der Waals surface area contributed by atoms with E-state index >= 15 is 0 Å². The van der Waals surface area contributed by atoms with Crippen molar-refractivity contribution in [1.82, 2.24) is 15.2 Å². The molecule has 7 nitrogen and oxygen atoms in total. The third-order valence-corrected chi connectivity index (χ3v) is 7.61. The van der Waals surface area contributed by atoms with Gasteiger partial charge in [0.15, 0.2) is 9.84 Å². The summed E-state index contributed by atoms with van der Waals surface area (Å²) in [5, 5.41) is 2.49. The van der Waals surface area contributed by atoms with Crippen molar-refractivity contribution in [3.05, 3.63) is 58.4 Å². The third-order valence-electron chi connectivity index (χ3n) is 6.21. The first-order valence-electron chi connectivity index (χ1n) is 11.0. The number of hydrogen-bond donors (Lipinski definition) is 1. The molecule has 1 saturated carbocycles. The molecule has 1 aliphatic carbocycles. The van der Waals surface area contributed by atoms with Gasteiger partial charge in [-0.15, -0.1) is 0 Å². The molecule has 0 bridgehead atoms. The second-order valence-electron chi connectivity index (χ2n) is 8.77. The molecule has 4 rings (SSSR count). The molecule has 1 aromatic carbocycles. The summed E-state index contributed by atoms with van der Waals surface area (Å²) in [5.74, 6) is -2.55.